The fraction of sp³-hybridized carbons (Fsp3) is 0.269. The van der Waals surface area contributed by atoms with Crippen LogP contribution in [0.3, 0.4) is 0 Å². The van der Waals surface area contributed by atoms with Crippen LogP contribution in [0.2, 0.25) is 0 Å². The zero-order valence-electron chi connectivity index (χ0n) is 38.6. The van der Waals surface area contributed by atoms with Crippen molar-refractivity contribution < 1.29 is 9.59 Å². The molecule has 348 valence electrons. The van der Waals surface area contributed by atoms with Gasteiger partial charge in [-0.05, 0) is 132 Å². The molecule has 0 radical (unpaired) electrons. The molecule has 0 saturated heterocycles. The van der Waals surface area contributed by atoms with Crippen molar-refractivity contribution in [1.29, 1.82) is 10.5 Å². The van der Waals surface area contributed by atoms with E-state index < -0.39 is 10.8 Å². The van der Waals surface area contributed by atoms with Crippen LogP contribution in [-0.4, -0.2) is 46.4 Å². The molecule has 0 bridgehead atoms. The first kappa shape index (κ1) is 53.6. The standard InChI is InChI=1S/C25H25N7O.C18H17N5O.C7H8N2.2CH4/c1-16-9-10-18(24(33)28-20-8-6-7-19(12-20)25(3,4)15-26)11-23(16)32-14-22(29-30-32)21-13-27-31(5)17(21)2;1-12-7-8-13(9-16(12)22-23-20)17(24)21-15-6-4-5-14(10-15)18(2,3)11-19;1-4-7-5-8-9(3)6(7)2;;/h6-14H,1-5H3,(H,28,33);4-10H,1-3H3,(H,21,24);1,5H,2-3H3;2*1H4. The minimum Gasteiger partial charge on any atom is -0.322 e. The molecule has 0 saturated carbocycles. The molecule has 0 spiro atoms. The average molecular weight is 911 g/mol. The van der Waals surface area contributed by atoms with Crippen molar-refractivity contribution in [3.8, 4) is 41.4 Å². The maximum Gasteiger partial charge on any atom is 0.255 e. The van der Waals surface area contributed by atoms with Crippen LogP contribution >= 0.6 is 0 Å². The predicted molar refractivity (Wildman–Crippen MR) is 268 cm³/mol. The number of hydrogen-bond donors (Lipinski definition) is 2. The number of amides is 2. The Hall–Kier alpha value is -8.77. The van der Waals surface area contributed by atoms with E-state index in [0.29, 0.717) is 33.9 Å². The number of carbonyl (C=O) groups excluding carboxylic acids is 2. The van der Waals surface area contributed by atoms with Gasteiger partial charge in [0.25, 0.3) is 11.8 Å². The highest BCUT2D eigenvalue weighted by Crippen LogP contribution is 2.28. The second-order valence-corrected chi connectivity index (χ2v) is 16.5. The van der Waals surface area contributed by atoms with E-state index in [1.807, 2.05) is 105 Å². The van der Waals surface area contributed by atoms with E-state index in [9.17, 15) is 20.1 Å². The molecule has 0 aliphatic heterocycles. The summed E-state index contributed by atoms with van der Waals surface area (Å²) in [5.74, 6) is 1.98. The molecule has 0 atom stereocenters. The van der Waals surface area contributed by atoms with Crippen molar-refractivity contribution >= 4 is 28.9 Å². The first-order valence-electron chi connectivity index (χ1n) is 20.6. The molecular formula is C52H58N14O2. The zero-order chi connectivity index (χ0) is 48.3. The number of hydrogen-bond acceptors (Lipinski definition) is 9. The van der Waals surface area contributed by atoms with Crippen molar-refractivity contribution in [3.63, 3.8) is 0 Å². The summed E-state index contributed by atoms with van der Waals surface area (Å²) in [6.07, 6.45) is 10.5. The molecule has 2 amide bonds. The number of aromatic nitrogens is 7. The van der Waals surface area contributed by atoms with E-state index in [0.717, 1.165) is 50.5 Å². The summed E-state index contributed by atoms with van der Waals surface area (Å²) in [6.45, 7) is 15.0. The van der Waals surface area contributed by atoms with Gasteiger partial charge in [-0.3, -0.25) is 19.0 Å². The molecule has 3 aromatic heterocycles. The number of nitrogens with one attached hydrogen (secondary N) is 2. The molecule has 16 nitrogen and oxygen atoms in total. The molecule has 0 aliphatic carbocycles. The van der Waals surface area contributed by atoms with E-state index in [-0.39, 0.29) is 26.7 Å². The second kappa shape index (κ2) is 22.9. The highest BCUT2D eigenvalue weighted by atomic mass is 16.2. The van der Waals surface area contributed by atoms with Crippen molar-refractivity contribution in [1.82, 2.24) is 34.6 Å². The van der Waals surface area contributed by atoms with E-state index in [1.54, 1.807) is 81.9 Å². The minimum atomic E-state index is -0.644. The summed E-state index contributed by atoms with van der Waals surface area (Å²) in [6, 6.07) is 29.5. The van der Waals surface area contributed by atoms with Gasteiger partial charge < -0.3 is 10.6 Å². The van der Waals surface area contributed by atoms with Crippen molar-refractivity contribution in [2.75, 3.05) is 10.6 Å². The number of nitrogens with zero attached hydrogens (tertiary/aromatic N) is 12. The van der Waals surface area contributed by atoms with Gasteiger partial charge in [0.1, 0.15) is 5.69 Å². The summed E-state index contributed by atoms with van der Waals surface area (Å²) in [4.78, 5) is 28.1. The van der Waals surface area contributed by atoms with Gasteiger partial charge in [-0.25, -0.2) is 4.68 Å². The Balaban J connectivity index is 0.000000306. The van der Waals surface area contributed by atoms with E-state index in [4.69, 9.17) is 12.0 Å². The molecule has 7 rings (SSSR count). The lowest BCUT2D eigenvalue weighted by Gasteiger charge is -2.17. The number of azide groups is 1. The molecule has 3 heterocycles. The van der Waals surface area contributed by atoms with Crippen LogP contribution in [0, 0.1) is 62.7 Å². The maximum absolute atomic E-state index is 13.0. The molecule has 16 heteroatoms. The smallest absolute Gasteiger partial charge is 0.255 e. The highest BCUT2D eigenvalue weighted by molar-refractivity contribution is 6.05. The van der Waals surface area contributed by atoms with Gasteiger partial charge in [0.05, 0.1) is 58.5 Å². The Morgan fingerprint density at radius 2 is 1.25 bits per heavy atom. The Morgan fingerprint density at radius 3 is 1.71 bits per heavy atom. The van der Waals surface area contributed by atoms with Gasteiger partial charge in [0.2, 0.25) is 0 Å². The Morgan fingerprint density at radius 1 is 0.735 bits per heavy atom. The van der Waals surface area contributed by atoms with Crippen LogP contribution in [0.4, 0.5) is 17.1 Å². The summed E-state index contributed by atoms with van der Waals surface area (Å²) >= 11 is 0. The van der Waals surface area contributed by atoms with Crippen molar-refractivity contribution in [2.45, 2.75) is 81.1 Å². The van der Waals surface area contributed by atoms with Gasteiger partial charge in [-0.1, -0.05) is 67.5 Å². The normalized spacial score (nSPS) is 10.3. The van der Waals surface area contributed by atoms with Crippen LogP contribution in [0.15, 0.2) is 109 Å². The summed E-state index contributed by atoms with van der Waals surface area (Å²) < 4.78 is 5.22. The molecule has 0 unspecified atom stereocenters. The lowest BCUT2D eigenvalue weighted by molar-refractivity contribution is 0.101. The lowest BCUT2D eigenvalue weighted by Crippen LogP contribution is -2.16. The summed E-state index contributed by atoms with van der Waals surface area (Å²) in [5, 5.41) is 44.7. The number of benzene rings is 4. The Bertz CT molecular complexity index is 3100. The summed E-state index contributed by atoms with van der Waals surface area (Å²) in [5.41, 5.74) is 18.6. The fourth-order valence-electron chi connectivity index (χ4n) is 6.31. The maximum atomic E-state index is 13.0. The average Bonchev–Trinajstić information content (AvgIpc) is 4.02. The molecule has 0 fully saturated rings. The molecular weight excluding hydrogens is 853 g/mol. The first-order valence-corrected chi connectivity index (χ1v) is 20.6. The number of aryl methyl sites for hydroxylation is 4. The topological polar surface area (TPSA) is 221 Å². The van der Waals surface area contributed by atoms with Gasteiger partial charge in [-0.2, -0.15) is 20.7 Å². The fourth-order valence-corrected chi connectivity index (χ4v) is 6.31. The molecule has 2 N–H and O–H groups in total. The van der Waals surface area contributed by atoms with Crippen LogP contribution in [0.25, 0.3) is 27.4 Å². The molecule has 0 aliphatic rings. The summed E-state index contributed by atoms with van der Waals surface area (Å²) in [7, 11) is 3.75. The van der Waals surface area contributed by atoms with Crippen molar-refractivity contribution in [3.05, 3.63) is 164 Å². The van der Waals surface area contributed by atoms with Crippen LogP contribution in [0.1, 0.15) is 102 Å². The number of carbonyl (C=O) groups is 2. The van der Waals surface area contributed by atoms with Gasteiger partial charge in [0, 0.05) is 58.5 Å². The minimum absolute atomic E-state index is 0. The van der Waals surface area contributed by atoms with Gasteiger partial charge >= 0.3 is 0 Å². The van der Waals surface area contributed by atoms with Gasteiger partial charge in [-0.15, -0.1) is 11.5 Å². The molecule has 4 aromatic carbocycles. The number of rotatable bonds is 9. The third-order valence-corrected chi connectivity index (χ3v) is 11.0. The van der Waals surface area contributed by atoms with Crippen molar-refractivity contribution in [2.24, 2.45) is 19.2 Å². The van der Waals surface area contributed by atoms with E-state index in [1.165, 1.54) is 0 Å². The highest BCUT2D eigenvalue weighted by Gasteiger charge is 2.22. The van der Waals surface area contributed by atoms with Crippen LogP contribution in [0.5, 0.6) is 0 Å². The number of anilines is 2. The SMILES string of the molecule is C.C.C#Cc1cnn(C)c1C.Cc1ccc(C(=O)Nc2cccc(C(C)(C)C#N)c2)cc1-n1cc(-c2cnn(C)c2C)nn1.Cc1ccc(C(=O)Nc2cccc(C(C)(C)C#N)c2)cc1N=[N+]=[N-]. The third-order valence-electron chi connectivity index (χ3n) is 11.0. The predicted octanol–water partition coefficient (Wildman–Crippen LogP) is 11.3. The van der Waals surface area contributed by atoms with E-state index in [2.05, 4.69) is 59.2 Å². The van der Waals surface area contributed by atoms with Crippen LogP contribution in [-0.2, 0) is 24.9 Å². The largest absolute Gasteiger partial charge is 0.322 e. The van der Waals surface area contributed by atoms with E-state index >= 15 is 0 Å². The number of terminal acetylenes is 1. The quantitative estimate of drug-likeness (QED) is 0.0612. The van der Waals surface area contributed by atoms with Crippen LogP contribution < -0.4 is 10.6 Å². The Kier molecular flexibility index (Phi) is 18.1. The number of nitriles is 2. The Labute approximate surface area is 398 Å². The zero-order valence-corrected chi connectivity index (χ0v) is 38.6. The molecule has 68 heavy (non-hydrogen) atoms. The van der Waals surface area contributed by atoms with Gasteiger partial charge in [0.15, 0.2) is 0 Å². The monoisotopic (exact) mass is 910 g/mol. The molecule has 7 aromatic rings. The first-order chi connectivity index (χ1) is 31.3. The second-order valence-electron chi connectivity index (χ2n) is 16.5. The third kappa shape index (κ3) is 12.7. The lowest BCUT2D eigenvalue weighted by atomic mass is 9.86.